The molecule has 10 heteroatoms. The van der Waals surface area contributed by atoms with Crippen molar-refractivity contribution in [2.75, 3.05) is 20.2 Å². The lowest BCUT2D eigenvalue weighted by atomic mass is 9.89. The molecule has 1 fully saturated rings. The van der Waals surface area contributed by atoms with Crippen LogP contribution in [-0.4, -0.2) is 55.1 Å². The summed E-state index contributed by atoms with van der Waals surface area (Å²) in [4.78, 5) is 18.5. The molecule has 0 spiro atoms. The number of nitrogens with zero attached hydrogens (tertiary/aromatic N) is 2. The molecule has 2 heterocycles. The number of carboxylic acid groups (broad SMARTS) is 1. The molecular formula is C23H25N3O5S2. The minimum atomic E-state index is -4.02. The Morgan fingerprint density at radius 2 is 1.73 bits per heavy atom. The minimum absolute atomic E-state index is 0.0330. The third-order valence-corrected chi connectivity index (χ3v) is 8.20. The lowest BCUT2D eigenvalue weighted by Gasteiger charge is -2.38. The van der Waals surface area contributed by atoms with Gasteiger partial charge in [0.1, 0.15) is 16.3 Å². The van der Waals surface area contributed by atoms with Gasteiger partial charge in [-0.05, 0) is 48.2 Å². The van der Waals surface area contributed by atoms with E-state index >= 15 is 0 Å². The molecule has 8 nitrogen and oxygen atoms in total. The first kappa shape index (κ1) is 23.4. The molecule has 33 heavy (non-hydrogen) atoms. The summed E-state index contributed by atoms with van der Waals surface area (Å²) in [5.41, 5.74) is 0.231. The van der Waals surface area contributed by atoms with Gasteiger partial charge in [-0.2, -0.15) is 4.72 Å². The Morgan fingerprint density at radius 3 is 2.24 bits per heavy atom. The van der Waals surface area contributed by atoms with E-state index in [0.717, 1.165) is 21.9 Å². The van der Waals surface area contributed by atoms with Gasteiger partial charge in [-0.1, -0.05) is 24.3 Å². The van der Waals surface area contributed by atoms with Crippen molar-refractivity contribution in [1.82, 2.24) is 14.6 Å². The molecule has 0 bridgehead atoms. The molecule has 0 saturated carbocycles. The number of rotatable bonds is 8. The second-order valence-corrected chi connectivity index (χ2v) is 10.6. The molecule has 1 aromatic heterocycles. The molecule has 4 rings (SSSR count). The number of piperidine rings is 1. The van der Waals surface area contributed by atoms with E-state index in [2.05, 4.69) is 14.6 Å². The maximum absolute atomic E-state index is 13.1. The number of aliphatic carboxylic acids is 1. The molecule has 0 radical (unpaired) electrons. The molecule has 1 saturated heterocycles. The summed E-state index contributed by atoms with van der Waals surface area (Å²) < 4.78 is 33.8. The molecule has 3 aromatic rings. The number of thiazole rings is 1. The van der Waals surface area contributed by atoms with Gasteiger partial charge in [0.2, 0.25) is 10.0 Å². The van der Waals surface area contributed by atoms with Crippen molar-refractivity contribution in [3.05, 3.63) is 65.1 Å². The van der Waals surface area contributed by atoms with Crippen LogP contribution in [0.4, 0.5) is 0 Å². The van der Waals surface area contributed by atoms with Gasteiger partial charge in [0.05, 0.1) is 18.6 Å². The number of sulfonamides is 1. The topological polar surface area (TPSA) is 109 Å². The number of aromatic nitrogens is 1. The van der Waals surface area contributed by atoms with Gasteiger partial charge in [0.25, 0.3) is 0 Å². The van der Waals surface area contributed by atoms with Gasteiger partial charge in [0, 0.05) is 24.7 Å². The Bertz CT molecular complexity index is 1190. The van der Waals surface area contributed by atoms with Gasteiger partial charge in [-0.25, -0.2) is 13.4 Å². The van der Waals surface area contributed by atoms with E-state index in [9.17, 15) is 18.3 Å². The molecule has 1 aliphatic rings. The van der Waals surface area contributed by atoms with Crippen LogP contribution in [0.5, 0.6) is 5.75 Å². The van der Waals surface area contributed by atoms with E-state index < -0.39 is 21.5 Å². The Kier molecular flexibility index (Phi) is 6.80. The van der Waals surface area contributed by atoms with Crippen molar-refractivity contribution in [2.24, 2.45) is 0 Å². The number of likely N-dealkylation sites (tertiary alicyclic amines) is 1. The number of carboxylic acids is 1. The first-order valence-corrected chi connectivity index (χ1v) is 12.8. The van der Waals surface area contributed by atoms with Crippen molar-refractivity contribution in [3.63, 3.8) is 0 Å². The summed E-state index contributed by atoms with van der Waals surface area (Å²) in [6.45, 7) is 1.56. The first-order chi connectivity index (χ1) is 15.8. The van der Waals surface area contributed by atoms with E-state index in [1.165, 1.54) is 12.1 Å². The predicted octanol–water partition coefficient (Wildman–Crippen LogP) is 3.22. The largest absolute Gasteiger partial charge is 0.497 e. The molecule has 2 aromatic carbocycles. The fourth-order valence-electron chi connectivity index (χ4n) is 3.90. The van der Waals surface area contributed by atoms with Crippen molar-refractivity contribution < 1.29 is 23.1 Å². The summed E-state index contributed by atoms with van der Waals surface area (Å²) >= 11 is 1.54. The normalized spacial score (nSPS) is 16.4. The molecular weight excluding hydrogens is 462 g/mol. The maximum atomic E-state index is 13.1. The summed E-state index contributed by atoms with van der Waals surface area (Å²) in [7, 11) is -2.43. The van der Waals surface area contributed by atoms with E-state index in [1.54, 1.807) is 36.8 Å². The standard InChI is InChI=1S/C23H25N3O5S2/c1-31-19-6-2-17(3-7-19)18-4-8-20(9-5-18)33(29,30)25-23(22(27)28)10-13-26(14-11-23)16-21-24-12-15-32-21/h2-9,12,15,25H,10-11,13-14,16H2,1H3,(H,27,28). The first-order valence-electron chi connectivity index (χ1n) is 10.4. The summed E-state index contributed by atoms with van der Waals surface area (Å²) in [5, 5.41) is 12.8. The number of methoxy groups -OCH3 is 1. The van der Waals surface area contributed by atoms with Crippen LogP contribution >= 0.6 is 11.3 Å². The molecule has 0 unspecified atom stereocenters. The second-order valence-electron chi connectivity index (χ2n) is 7.95. The van der Waals surface area contributed by atoms with Crippen LogP contribution in [0.25, 0.3) is 11.1 Å². The maximum Gasteiger partial charge on any atom is 0.324 e. The molecule has 1 aliphatic heterocycles. The third kappa shape index (κ3) is 5.25. The van der Waals surface area contributed by atoms with Gasteiger partial charge in [-0.3, -0.25) is 9.69 Å². The summed E-state index contributed by atoms with van der Waals surface area (Å²) in [6.07, 6.45) is 2.09. The number of hydrogen-bond donors (Lipinski definition) is 2. The van der Waals surface area contributed by atoms with Crippen LogP contribution in [0.15, 0.2) is 65.0 Å². The zero-order valence-electron chi connectivity index (χ0n) is 18.1. The average Bonchev–Trinajstić information content (AvgIpc) is 3.33. The highest BCUT2D eigenvalue weighted by Crippen LogP contribution is 2.28. The Balaban J connectivity index is 1.47. The molecule has 2 N–H and O–H groups in total. The minimum Gasteiger partial charge on any atom is -0.497 e. The van der Waals surface area contributed by atoms with E-state index in [4.69, 9.17) is 4.74 Å². The van der Waals surface area contributed by atoms with Crippen LogP contribution in [0.1, 0.15) is 17.8 Å². The van der Waals surface area contributed by atoms with Crippen molar-refractivity contribution in [3.8, 4) is 16.9 Å². The van der Waals surface area contributed by atoms with E-state index in [-0.39, 0.29) is 17.7 Å². The van der Waals surface area contributed by atoms with Crippen molar-refractivity contribution >= 4 is 27.3 Å². The Morgan fingerprint density at radius 1 is 1.12 bits per heavy atom. The summed E-state index contributed by atoms with van der Waals surface area (Å²) in [6, 6.07) is 13.8. The zero-order valence-corrected chi connectivity index (χ0v) is 19.7. The monoisotopic (exact) mass is 487 g/mol. The SMILES string of the molecule is COc1ccc(-c2ccc(S(=O)(=O)NC3(C(=O)O)CCN(Cc4nccs4)CC3)cc2)cc1. The smallest absolute Gasteiger partial charge is 0.324 e. The quantitative estimate of drug-likeness (QED) is 0.502. The van der Waals surface area contributed by atoms with Gasteiger partial charge < -0.3 is 9.84 Å². The Labute approximate surface area is 196 Å². The molecule has 0 atom stereocenters. The van der Waals surface area contributed by atoms with Gasteiger partial charge in [-0.15, -0.1) is 11.3 Å². The number of nitrogens with one attached hydrogen (secondary N) is 1. The second kappa shape index (κ2) is 9.60. The lowest BCUT2D eigenvalue weighted by Crippen LogP contribution is -2.59. The van der Waals surface area contributed by atoms with Gasteiger partial charge in [0.15, 0.2) is 0 Å². The summed E-state index contributed by atoms with van der Waals surface area (Å²) in [5.74, 6) is -0.423. The van der Waals surface area contributed by atoms with E-state index in [1.807, 2.05) is 29.6 Å². The number of carbonyl (C=O) groups is 1. The molecule has 0 amide bonds. The number of ether oxygens (including phenoxy) is 1. The number of benzene rings is 2. The molecule has 174 valence electrons. The van der Waals surface area contributed by atoms with Gasteiger partial charge >= 0.3 is 5.97 Å². The van der Waals surface area contributed by atoms with E-state index in [0.29, 0.717) is 19.6 Å². The van der Waals surface area contributed by atoms with Crippen molar-refractivity contribution in [1.29, 1.82) is 0 Å². The van der Waals surface area contributed by atoms with Crippen LogP contribution in [0.3, 0.4) is 0 Å². The van der Waals surface area contributed by atoms with Crippen LogP contribution in [-0.2, 0) is 21.4 Å². The van der Waals surface area contributed by atoms with Crippen molar-refractivity contribution in [2.45, 2.75) is 29.8 Å². The third-order valence-electron chi connectivity index (χ3n) is 5.88. The molecule has 0 aliphatic carbocycles. The highest BCUT2D eigenvalue weighted by molar-refractivity contribution is 7.89. The average molecular weight is 488 g/mol. The van der Waals surface area contributed by atoms with Crippen LogP contribution < -0.4 is 9.46 Å². The highest BCUT2D eigenvalue weighted by atomic mass is 32.2. The fourth-order valence-corrected chi connectivity index (χ4v) is 5.98. The Hall–Kier alpha value is -2.79. The van der Waals surface area contributed by atoms with Crippen LogP contribution in [0.2, 0.25) is 0 Å². The lowest BCUT2D eigenvalue weighted by molar-refractivity contribution is -0.146. The van der Waals surface area contributed by atoms with Crippen LogP contribution in [0, 0.1) is 0 Å². The fraction of sp³-hybridized carbons (Fsp3) is 0.304. The highest BCUT2D eigenvalue weighted by Gasteiger charge is 2.45. The predicted molar refractivity (Wildman–Crippen MR) is 126 cm³/mol. The number of hydrogen-bond acceptors (Lipinski definition) is 7. The zero-order chi connectivity index (χ0) is 23.5.